The van der Waals surface area contributed by atoms with Crippen molar-refractivity contribution in [3.63, 3.8) is 0 Å². The monoisotopic (exact) mass is 289 g/mol. The molecule has 0 aliphatic rings. The number of nitrogens with zero attached hydrogens (tertiary/aromatic N) is 2. The summed E-state index contributed by atoms with van der Waals surface area (Å²) in [6, 6.07) is 1.82. The predicted molar refractivity (Wildman–Crippen MR) is 65.4 cm³/mol. The van der Waals surface area contributed by atoms with Crippen LogP contribution in [0.3, 0.4) is 0 Å². The van der Waals surface area contributed by atoms with Crippen LogP contribution < -0.4 is 5.32 Å². The lowest BCUT2D eigenvalue weighted by Crippen LogP contribution is -2.24. The molecule has 1 rings (SSSR count). The molecule has 0 aliphatic carbocycles. The first-order valence-electron chi connectivity index (χ1n) is 5.02. The highest BCUT2D eigenvalue weighted by atomic mass is 79.9. The Hall–Kier alpha value is -0.720. The predicted octanol–water partition coefficient (Wildman–Crippen LogP) is 1.83. The molecule has 0 aromatic carbocycles. The highest BCUT2D eigenvalue weighted by molar-refractivity contribution is 9.10. The van der Waals surface area contributed by atoms with Crippen LogP contribution in [0, 0.1) is 0 Å². The third kappa shape index (κ3) is 4.03. The Kier molecular flexibility index (Phi) is 5.65. The zero-order valence-electron chi connectivity index (χ0n) is 9.66. The minimum atomic E-state index is -0.279. The number of hydrogen-bond acceptors (Lipinski definition) is 5. The van der Waals surface area contributed by atoms with Gasteiger partial charge in [-0.3, -0.25) is 0 Å². The van der Waals surface area contributed by atoms with E-state index in [1.807, 2.05) is 13.0 Å². The normalized spacial score (nSPS) is 10.8. The van der Waals surface area contributed by atoms with Crippen molar-refractivity contribution in [2.45, 2.75) is 19.6 Å². The summed E-state index contributed by atoms with van der Waals surface area (Å²) in [6.45, 7) is 2.55. The number of anilines is 1. The van der Waals surface area contributed by atoms with Crippen molar-refractivity contribution in [3.05, 3.63) is 16.5 Å². The van der Waals surface area contributed by atoms with Gasteiger partial charge in [-0.2, -0.15) is 0 Å². The Morgan fingerprint density at radius 1 is 1.38 bits per heavy atom. The number of aromatic nitrogens is 2. The quantitative estimate of drug-likeness (QED) is 0.640. The molecule has 0 radical (unpaired) electrons. The molecule has 16 heavy (non-hydrogen) atoms. The van der Waals surface area contributed by atoms with Gasteiger partial charge in [-0.15, -0.1) is 0 Å². The lowest BCUT2D eigenvalue weighted by Gasteiger charge is -2.14. The number of ether oxygens (including phenoxy) is 2. The molecule has 1 aromatic heterocycles. The zero-order chi connectivity index (χ0) is 12.0. The average Bonchev–Trinajstić information content (AvgIpc) is 2.29. The van der Waals surface area contributed by atoms with Crippen molar-refractivity contribution in [2.75, 3.05) is 26.1 Å². The largest absolute Gasteiger partial charge is 0.365 e. The first kappa shape index (κ1) is 13.3. The smallest absolute Gasteiger partial charge is 0.173 e. The van der Waals surface area contributed by atoms with E-state index in [-0.39, 0.29) is 6.29 Å². The fourth-order valence-corrected chi connectivity index (χ4v) is 1.59. The van der Waals surface area contributed by atoms with E-state index < -0.39 is 0 Å². The Morgan fingerprint density at radius 3 is 2.62 bits per heavy atom. The highest BCUT2D eigenvalue weighted by Gasteiger charge is 2.06. The van der Waals surface area contributed by atoms with Crippen LogP contribution in [0.1, 0.15) is 12.7 Å². The summed E-state index contributed by atoms with van der Waals surface area (Å²) in [7, 11) is 3.20. The molecule has 0 saturated carbocycles. The van der Waals surface area contributed by atoms with Gasteiger partial charge >= 0.3 is 0 Å². The molecule has 0 saturated heterocycles. The molecule has 1 aromatic rings. The van der Waals surface area contributed by atoms with Crippen molar-refractivity contribution in [1.29, 1.82) is 0 Å². The van der Waals surface area contributed by atoms with E-state index in [2.05, 4.69) is 31.2 Å². The van der Waals surface area contributed by atoms with Crippen LogP contribution in [-0.2, 0) is 15.9 Å². The Bertz CT molecular complexity index is 332. The van der Waals surface area contributed by atoms with Crippen LogP contribution >= 0.6 is 15.9 Å². The van der Waals surface area contributed by atoms with Crippen LogP contribution in [0.5, 0.6) is 0 Å². The minimum absolute atomic E-state index is 0.279. The lowest BCUT2D eigenvalue weighted by molar-refractivity contribution is -0.0914. The van der Waals surface area contributed by atoms with E-state index in [0.717, 1.165) is 22.7 Å². The van der Waals surface area contributed by atoms with Crippen molar-refractivity contribution in [1.82, 2.24) is 9.97 Å². The van der Waals surface area contributed by atoms with Crippen molar-refractivity contribution in [2.24, 2.45) is 0 Å². The standard InChI is InChI=1S/C10H16BrN3O2/c1-4-8-13-7(11)5-9(14-8)12-6-10(15-2)16-3/h5,10H,4,6H2,1-3H3,(H,12,13,14). The average molecular weight is 290 g/mol. The second-order valence-electron chi connectivity index (χ2n) is 3.13. The lowest BCUT2D eigenvalue weighted by atomic mass is 10.4. The van der Waals surface area contributed by atoms with E-state index in [0.29, 0.717) is 6.54 Å². The molecule has 0 unspecified atom stereocenters. The van der Waals surface area contributed by atoms with Crippen LogP contribution in [0.2, 0.25) is 0 Å². The topological polar surface area (TPSA) is 56.3 Å². The third-order valence-electron chi connectivity index (χ3n) is 2.03. The zero-order valence-corrected chi connectivity index (χ0v) is 11.2. The maximum Gasteiger partial charge on any atom is 0.173 e. The van der Waals surface area contributed by atoms with Gasteiger partial charge in [-0.05, 0) is 15.9 Å². The van der Waals surface area contributed by atoms with Gasteiger partial charge in [-0.1, -0.05) is 6.92 Å². The molecule has 1 N–H and O–H groups in total. The van der Waals surface area contributed by atoms with Crippen LogP contribution in [-0.4, -0.2) is 37.0 Å². The maximum absolute atomic E-state index is 5.07. The molecule has 0 spiro atoms. The Morgan fingerprint density at radius 2 is 2.06 bits per heavy atom. The third-order valence-corrected chi connectivity index (χ3v) is 2.44. The van der Waals surface area contributed by atoms with Crippen molar-refractivity contribution in [3.8, 4) is 0 Å². The molecule has 0 fully saturated rings. The van der Waals surface area contributed by atoms with Gasteiger partial charge in [0, 0.05) is 26.7 Å². The first-order valence-corrected chi connectivity index (χ1v) is 5.81. The van der Waals surface area contributed by atoms with Crippen LogP contribution in [0.4, 0.5) is 5.82 Å². The van der Waals surface area contributed by atoms with Crippen LogP contribution in [0.15, 0.2) is 10.7 Å². The SMILES string of the molecule is CCc1nc(Br)cc(NCC(OC)OC)n1. The Labute approximate surface area is 104 Å². The molecule has 6 heteroatoms. The summed E-state index contributed by atoms with van der Waals surface area (Å²) < 4.78 is 10.9. The molecule has 1 heterocycles. The minimum Gasteiger partial charge on any atom is -0.365 e. The number of aryl methyl sites for hydroxylation is 1. The molecule has 0 aliphatic heterocycles. The van der Waals surface area contributed by atoms with Gasteiger partial charge in [0.15, 0.2) is 6.29 Å². The Balaban J connectivity index is 2.62. The summed E-state index contributed by atoms with van der Waals surface area (Å²) in [5.41, 5.74) is 0. The molecular weight excluding hydrogens is 274 g/mol. The molecule has 90 valence electrons. The van der Waals surface area contributed by atoms with E-state index in [1.165, 1.54) is 0 Å². The summed E-state index contributed by atoms with van der Waals surface area (Å²) in [6.07, 6.45) is 0.519. The van der Waals surface area contributed by atoms with Gasteiger partial charge in [0.25, 0.3) is 0 Å². The number of hydrogen-bond donors (Lipinski definition) is 1. The number of nitrogens with one attached hydrogen (secondary N) is 1. The molecule has 0 atom stereocenters. The fourth-order valence-electron chi connectivity index (χ4n) is 1.16. The van der Waals surface area contributed by atoms with Gasteiger partial charge in [-0.25, -0.2) is 9.97 Å². The molecule has 5 nitrogen and oxygen atoms in total. The molecule has 0 bridgehead atoms. The van der Waals surface area contributed by atoms with Gasteiger partial charge in [0.05, 0.1) is 6.54 Å². The number of methoxy groups -OCH3 is 2. The van der Waals surface area contributed by atoms with E-state index >= 15 is 0 Å². The van der Waals surface area contributed by atoms with E-state index in [9.17, 15) is 0 Å². The summed E-state index contributed by atoms with van der Waals surface area (Å²) in [4.78, 5) is 8.55. The second kappa shape index (κ2) is 6.78. The summed E-state index contributed by atoms with van der Waals surface area (Å²) >= 11 is 3.34. The second-order valence-corrected chi connectivity index (χ2v) is 3.94. The fraction of sp³-hybridized carbons (Fsp3) is 0.600. The highest BCUT2D eigenvalue weighted by Crippen LogP contribution is 2.12. The van der Waals surface area contributed by atoms with E-state index in [4.69, 9.17) is 9.47 Å². The number of halogens is 1. The van der Waals surface area contributed by atoms with Crippen molar-refractivity contribution >= 4 is 21.7 Å². The summed E-state index contributed by atoms with van der Waals surface area (Å²) in [5.74, 6) is 1.56. The van der Waals surface area contributed by atoms with Gasteiger partial charge < -0.3 is 14.8 Å². The first-order chi connectivity index (χ1) is 7.69. The molecule has 0 amide bonds. The van der Waals surface area contributed by atoms with Crippen molar-refractivity contribution < 1.29 is 9.47 Å². The van der Waals surface area contributed by atoms with E-state index in [1.54, 1.807) is 14.2 Å². The van der Waals surface area contributed by atoms with Gasteiger partial charge in [0.2, 0.25) is 0 Å². The van der Waals surface area contributed by atoms with Gasteiger partial charge in [0.1, 0.15) is 16.2 Å². The maximum atomic E-state index is 5.07. The number of rotatable bonds is 6. The van der Waals surface area contributed by atoms with Crippen LogP contribution in [0.25, 0.3) is 0 Å². The summed E-state index contributed by atoms with van der Waals surface area (Å²) in [5, 5.41) is 3.13. The molecular formula is C10H16BrN3O2.